The van der Waals surface area contributed by atoms with Crippen molar-refractivity contribution in [1.82, 2.24) is 4.98 Å². The Morgan fingerprint density at radius 1 is 1.33 bits per heavy atom. The van der Waals surface area contributed by atoms with Gasteiger partial charge in [-0.15, -0.1) is 0 Å². The second kappa shape index (κ2) is 5.24. The molecule has 2 N–H and O–H groups in total. The monoisotopic (exact) mass is 264 g/mol. The summed E-state index contributed by atoms with van der Waals surface area (Å²) in [6.45, 7) is 6.72. The molecule has 0 radical (unpaired) electrons. The highest BCUT2D eigenvalue weighted by molar-refractivity contribution is 7.22. The Hall–Kier alpha value is -1.13. The molecule has 98 valence electrons. The van der Waals surface area contributed by atoms with E-state index in [-0.39, 0.29) is 18.1 Å². The molecule has 0 aliphatic rings. The van der Waals surface area contributed by atoms with E-state index in [1.807, 2.05) is 18.2 Å². The van der Waals surface area contributed by atoms with Gasteiger partial charge in [-0.05, 0) is 24.0 Å². The Morgan fingerprint density at radius 3 is 2.67 bits per heavy atom. The van der Waals surface area contributed by atoms with Gasteiger partial charge in [0.25, 0.3) is 0 Å². The van der Waals surface area contributed by atoms with Crippen LogP contribution in [0.25, 0.3) is 10.2 Å². The number of nitrogens with one attached hydrogen (secondary N) is 1. The van der Waals surface area contributed by atoms with E-state index in [1.165, 1.54) is 4.70 Å². The Morgan fingerprint density at radius 2 is 2.06 bits per heavy atom. The number of thiazole rings is 1. The highest BCUT2D eigenvalue weighted by Gasteiger charge is 2.24. The summed E-state index contributed by atoms with van der Waals surface area (Å²) >= 11 is 1.66. The Bertz CT molecular complexity index is 483. The lowest BCUT2D eigenvalue weighted by Gasteiger charge is -2.30. The number of anilines is 1. The Kier molecular flexibility index (Phi) is 3.88. The molecular weight excluding hydrogens is 244 g/mol. The van der Waals surface area contributed by atoms with Crippen molar-refractivity contribution in [2.75, 3.05) is 11.9 Å². The van der Waals surface area contributed by atoms with E-state index in [2.05, 4.69) is 37.1 Å². The Balaban J connectivity index is 2.20. The van der Waals surface area contributed by atoms with Crippen molar-refractivity contribution in [3.05, 3.63) is 24.3 Å². The molecule has 0 saturated heterocycles. The summed E-state index contributed by atoms with van der Waals surface area (Å²) in [5.41, 5.74) is 1.13. The van der Waals surface area contributed by atoms with Crippen LogP contribution in [0.4, 0.5) is 5.13 Å². The van der Waals surface area contributed by atoms with Crippen molar-refractivity contribution in [3.63, 3.8) is 0 Å². The molecule has 0 bridgehead atoms. The third kappa shape index (κ3) is 3.00. The lowest BCUT2D eigenvalue weighted by Crippen LogP contribution is -2.34. The van der Waals surface area contributed by atoms with Crippen LogP contribution in [0, 0.1) is 5.41 Å². The van der Waals surface area contributed by atoms with Crippen molar-refractivity contribution in [2.45, 2.75) is 33.2 Å². The van der Waals surface area contributed by atoms with Gasteiger partial charge in [0.1, 0.15) is 0 Å². The zero-order valence-electron chi connectivity index (χ0n) is 11.1. The van der Waals surface area contributed by atoms with Crippen molar-refractivity contribution in [3.8, 4) is 0 Å². The summed E-state index contributed by atoms with van der Waals surface area (Å²) in [4.78, 5) is 4.57. The van der Waals surface area contributed by atoms with Crippen LogP contribution in [0.5, 0.6) is 0 Å². The van der Waals surface area contributed by atoms with Crippen molar-refractivity contribution in [2.24, 2.45) is 5.41 Å². The first kappa shape index (κ1) is 13.3. The van der Waals surface area contributed by atoms with E-state index in [1.54, 1.807) is 11.3 Å². The van der Waals surface area contributed by atoms with Crippen LogP contribution in [-0.2, 0) is 0 Å². The summed E-state index contributed by atoms with van der Waals surface area (Å²) in [5.74, 6) is 0. The summed E-state index contributed by atoms with van der Waals surface area (Å²) < 4.78 is 1.19. The van der Waals surface area contributed by atoms with Crippen molar-refractivity contribution >= 4 is 26.7 Å². The predicted molar refractivity (Wildman–Crippen MR) is 78.2 cm³/mol. The van der Waals surface area contributed by atoms with Gasteiger partial charge in [-0.25, -0.2) is 4.98 Å². The average molecular weight is 264 g/mol. The number of benzene rings is 1. The molecule has 0 aliphatic carbocycles. The average Bonchev–Trinajstić information content (AvgIpc) is 2.69. The molecule has 0 amide bonds. The minimum absolute atomic E-state index is 0.0978. The third-order valence-electron chi connectivity index (χ3n) is 3.05. The number of aliphatic hydroxyl groups is 1. The number of nitrogens with zero attached hydrogens (tertiary/aromatic N) is 1. The first-order valence-electron chi connectivity index (χ1n) is 6.23. The topological polar surface area (TPSA) is 45.1 Å². The maximum Gasteiger partial charge on any atom is 0.184 e. The molecule has 2 rings (SSSR count). The standard InChI is InChI=1S/C14H20N2OS/c1-14(2,3)12(8-9-17)16-13-15-10-6-4-5-7-11(10)18-13/h4-7,12,17H,8-9H2,1-3H3,(H,15,16)/t12-/m1/s1. The molecule has 18 heavy (non-hydrogen) atoms. The number of para-hydroxylation sites is 1. The number of fused-ring (bicyclic) bond motifs is 1. The number of hydrogen-bond donors (Lipinski definition) is 2. The summed E-state index contributed by atoms with van der Waals surface area (Å²) in [6, 6.07) is 8.36. The van der Waals surface area contributed by atoms with Gasteiger partial charge >= 0.3 is 0 Å². The minimum atomic E-state index is 0.0978. The molecule has 0 saturated carbocycles. The molecule has 1 aromatic carbocycles. The molecule has 4 heteroatoms. The molecule has 0 unspecified atom stereocenters. The second-order valence-electron chi connectivity index (χ2n) is 5.56. The van der Waals surface area contributed by atoms with Gasteiger partial charge in [-0.3, -0.25) is 0 Å². The largest absolute Gasteiger partial charge is 0.396 e. The van der Waals surface area contributed by atoms with Crippen LogP contribution in [-0.4, -0.2) is 22.7 Å². The lowest BCUT2D eigenvalue weighted by molar-refractivity contribution is 0.235. The molecule has 1 aromatic heterocycles. The van der Waals surface area contributed by atoms with E-state index in [4.69, 9.17) is 5.11 Å². The van der Waals surface area contributed by atoms with Gasteiger partial charge in [0, 0.05) is 12.6 Å². The van der Waals surface area contributed by atoms with Gasteiger partial charge in [0.2, 0.25) is 0 Å². The summed E-state index contributed by atoms with van der Waals surface area (Å²) in [5, 5.41) is 13.6. The van der Waals surface area contributed by atoms with Gasteiger partial charge in [-0.2, -0.15) is 0 Å². The van der Waals surface area contributed by atoms with Crippen LogP contribution in [0.1, 0.15) is 27.2 Å². The van der Waals surface area contributed by atoms with E-state index in [0.29, 0.717) is 0 Å². The minimum Gasteiger partial charge on any atom is -0.396 e. The fraction of sp³-hybridized carbons (Fsp3) is 0.500. The molecule has 0 aliphatic heterocycles. The normalized spacial score (nSPS) is 13.8. The van der Waals surface area contributed by atoms with Gasteiger partial charge in [0.15, 0.2) is 5.13 Å². The lowest BCUT2D eigenvalue weighted by atomic mass is 9.85. The second-order valence-corrected chi connectivity index (χ2v) is 6.59. The number of hydrogen-bond acceptors (Lipinski definition) is 4. The fourth-order valence-electron chi connectivity index (χ4n) is 1.93. The summed E-state index contributed by atoms with van der Waals surface area (Å²) in [7, 11) is 0. The van der Waals surface area contributed by atoms with Gasteiger partial charge in [-0.1, -0.05) is 44.2 Å². The van der Waals surface area contributed by atoms with E-state index >= 15 is 0 Å². The highest BCUT2D eigenvalue weighted by Crippen LogP contribution is 2.30. The van der Waals surface area contributed by atoms with E-state index < -0.39 is 0 Å². The number of aromatic nitrogens is 1. The molecule has 0 spiro atoms. The maximum absolute atomic E-state index is 9.16. The van der Waals surface area contributed by atoms with Crippen molar-refractivity contribution < 1.29 is 5.11 Å². The molecule has 0 fully saturated rings. The molecule has 3 nitrogen and oxygen atoms in total. The smallest absolute Gasteiger partial charge is 0.184 e. The third-order valence-corrected chi connectivity index (χ3v) is 4.02. The van der Waals surface area contributed by atoms with Gasteiger partial charge in [0.05, 0.1) is 10.2 Å². The Labute approximate surface area is 112 Å². The van der Waals surface area contributed by atoms with Crippen LogP contribution in [0.3, 0.4) is 0 Å². The first-order chi connectivity index (χ1) is 8.50. The van der Waals surface area contributed by atoms with E-state index in [0.717, 1.165) is 17.1 Å². The number of aliphatic hydroxyl groups excluding tert-OH is 1. The van der Waals surface area contributed by atoms with Crippen LogP contribution < -0.4 is 5.32 Å². The molecule has 1 heterocycles. The summed E-state index contributed by atoms with van der Waals surface area (Å²) in [6.07, 6.45) is 0.736. The van der Waals surface area contributed by atoms with Crippen LogP contribution >= 0.6 is 11.3 Å². The molecule has 2 aromatic rings. The van der Waals surface area contributed by atoms with Crippen LogP contribution in [0.2, 0.25) is 0 Å². The zero-order valence-corrected chi connectivity index (χ0v) is 11.9. The van der Waals surface area contributed by atoms with E-state index in [9.17, 15) is 0 Å². The highest BCUT2D eigenvalue weighted by atomic mass is 32.1. The molecule has 1 atom stereocenters. The maximum atomic E-state index is 9.16. The zero-order chi connectivity index (χ0) is 13.2. The fourth-order valence-corrected chi connectivity index (χ4v) is 2.85. The van der Waals surface area contributed by atoms with Crippen molar-refractivity contribution in [1.29, 1.82) is 0 Å². The first-order valence-corrected chi connectivity index (χ1v) is 7.05. The number of rotatable bonds is 4. The van der Waals surface area contributed by atoms with Gasteiger partial charge < -0.3 is 10.4 Å². The quantitative estimate of drug-likeness (QED) is 0.888. The predicted octanol–water partition coefficient (Wildman–Crippen LogP) is 3.51. The van der Waals surface area contributed by atoms with Crippen LogP contribution in [0.15, 0.2) is 24.3 Å². The molecular formula is C14H20N2OS. The SMILES string of the molecule is CC(C)(C)[C@@H](CCO)Nc1nc2ccccc2s1.